The van der Waals surface area contributed by atoms with Gasteiger partial charge in [-0.25, -0.2) is 0 Å². The first-order valence-electron chi connectivity index (χ1n) is 6.80. The van der Waals surface area contributed by atoms with Gasteiger partial charge in [0, 0.05) is 26.7 Å². The molecule has 0 spiro atoms. The summed E-state index contributed by atoms with van der Waals surface area (Å²) in [6, 6.07) is 8.30. The van der Waals surface area contributed by atoms with E-state index in [-0.39, 0.29) is 12.0 Å². The molecule has 1 heterocycles. The van der Waals surface area contributed by atoms with Gasteiger partial charge in [0.25, 0.3) is 5.91 Å². The van der Waals surface area contributed by atoms with Crippen LogP contribution in [0.25, 0.3) is 0 Å². The number of benzene rings is 1. The second-order valence-electron chi connectivity index (χ2n) is 5.00. The van der Waals surface area contributed by atoms with Crippen molar-refractivity contribution in [1.29, 1.82) is 0 Å². The van der Waals surface area contributed by atoms with Crippen LogP contribution in [0, 0.1) is 6.92 Å². The second-order valence-corrected chi connectivity index (χ2v) is 5.00. The minimum absolute atomic E-state index is 0.0702. The zero-order chi connectivity index (χ0) is 13.7. The van der Waals surface area contributed by atoms with Crippen molar-refractivity contribution in [2.45, 2.75) is 19.4 Å². The van der Waals surface area contributed by atoms with E-state index in [1.165, 1.54) is 11.1 Å². The lowest BCUT2D eigenvalue weighted by atomic mass is 10.1. The Morgan fingerprint density at radius 2 is 2.26 bits per heavy atom. The molecule has 2 rings (SSSR count). The van der Waals surface area contributed by atoms with Crippen LogP contribution in [0.15, 0.2) is 24.3 Å². The fourth-order valence-electron chi connectivity index (χ4n) is 2.26. The molecule has 1 aliphatic heterocycles. The molecule has 4 nitrogen and oxygen atoms in total. The Morgan fingerprint density at radius 3 is 2.95 bits per heavy atom. The highest BCUT2D eigenvalue weighted by atomic mass is 16.5. The Kier molecular flexibility index (Phi) is 4.93. The number of carbonyl (C=O) groups excluding carboxylic acids is 1. The van der Waals surface area contributed by atoms with E-state index in [0.717, 1.165) is 19.5 Å². The first-order chi connectivity index (χ1) is 9.18. The van der Waals surface area contributed by atoms with Gasteiger partial charge in [0.05, 0.1) is 6.61 Å². The second kappa shape index (κ2) is 6.68. The minimum atomic E-state index is -0.323. The number of hydrogen-bond acceptors (Lipinski definition) is 3. The molecule has 104 valence electrons. The minimum Gasteiger partial charge on any atom is -0.366 e. The molecule has 0 saturated carbocycles. The van der Waals surface area contributed by atoms with Crippen LogP contribution in [0.2, 0.25) is 0 Å². The zero-order valence-electron chi connectivity index (χ0n) is 11.7. The first-order valence-corrected chi connectivity index (χ1v) is 6.80. The molecule has 1 saturated heterocycles. The van der Waals surface area contributed by atoms with Gasteiger partial charge < -0.3 is 15.0 Å². The van der Waals surface area contributed by atoms with E-state index >= 15 is 0 Å². The standard InChI is InChI=1S/C15H22N2O2/c1-12-5-3-4-6-13(12)7-9-17(2)15(18)14-11-16-8-10-19-14/h3-6,14,16H,7-11H2,1-2H3. The number of carbonyl (C=O) groups is 1. The maximum Gasteiger partial charge on any atom is 0.252 e. The molecule has 0 bridgehead atoms. The predicted octanol–water partition coefficient (Wildman–Crippen LogP) is 0.984. The van der Waals surface area contributed by atoms with Gasteiger partial charge in [-0.1, -0.05) is 24.3 Å². The van der Waals surface area contributed by atoms with Gasteiger partial charge in [0.2, 0.25) is 0 Å². The van der Waals surface area contributed by atoms with Crippen LogP contribution in [0.3, 0.4) is 0 Å². The Bertz CT molecular complexity index is 428. The highest BCUT2D eigenvalue weighted by Crippen LogP contribution is 2.09. The average Bonchev–Trinajstić information content (AvgIpc) is 2.46. The fourth-order valence-corrected chi connectivity index (χ4v) is 2.26. The van der Waals surface area contributed by atoms with Crippen LogP contribution in [0.4, 0.5) is 0 Å². The number of morpholine rings is 1. The van der Waals surface area contributed by atoms with E-state index in [9.17, 15) is 4.79 Å². The summed E-state index contributed by atoms with van der Waals surface area (Å²) in [5, 5.41) is 3.18. The third kappa shape index (κ3) is 3.78. The highest BCUT2D eigenvalue weighted by molar-refractivity contribution is 5.81. The third-order valence-electron chi connectivity index (χ3n) is 3.56. The van der Waals surface area contributed by atoms with Gasteiger partial charge in [-0.15, -0.1) is 0 Å². The molecular weight excluding hydrogens is 240 g/mol. The number of ether oxygens (including phenoxy) is 1. The Balaban J connectivity index is 1.85. The van der Waals surface area contributed by atoms with Crippen molar-refractivity contribution in [3.8, 4) is 0 Å². The quantitative estimate of drug-likeness (QED) is 0.879. The maximum atomic E-state index is 12.2. The summed E-state index contributed by atoms with van der Waals surface area (Å²) in [5.41, 5.74) is 2.57. The van der Waals surface area contributed by atoms with E-state index in [1.807, 2.05) is 19.2 Å². The van der Waals surface area contributed by atoms with Crippen molar-refractivity contribution in [2.24, 2.45) is 0 Å². The largest absolute Gasteiger partial charge is 0.366 e. The van der Waals surface area contributed by atoms with E-state index < -0.39 is 0 Å². The Hall–Kier alpha value is -1.39. The van der Waals surface area contributed by atoms with Crippen molar-refractivity contribution in [2.75, 3.05) is 33.3 Å². The number of hydrogen-bond donors (Lipinski definition) is 1. The van der Waals surface area contributed by atoms with Crippen molar-refractivity contribution in [1.82, 2.24) is 10.2 Å². The van der Waals surface area contributed by atoms with Crippen LogP contribution in [0.5, 0.6) is 0 Å². The predicted molar refractivity (Wildman–Crippen MR) is 75.1 cm³/mol. The number of amides is 1. The van der Waals surface area contributed by atoms with E-state index in [0.29, 0.717) is 13.2 Å². The number of nitrogens with zero attached hydrogens (tertiary/aromatic N) is 1. The lowest BCUT2D eigenvalue weighted by molar-refractivity contribution is -0.143. The monoisotopic (exact) mass is 262 g/mol. The van der Waals surface area contributed by atoms with Crippen molar-refractivity contribution in [3.05, 3.63) is 35.4 Å². The van der Waals surface area contributed by atoms with E-state index in [2.05, 4.69) is 24.4 Å². The summed E-state index contributed by atoms with van der Waals surface area (Å²) in [4.78, 5) is 13.9. The SMILES string of the molecule is Cc1ccccc1CCN(C)C(=O)C1CNCCO1. The summed E-state index contributed by atoms with van der Waals surface area (Å²) >= 11 is 0. The van der Waals surface area contributed by atoms with Crippen LogP contribution in [-0.4, -0.2) is 50.2 Å². The summed E-state index contributed by atoms with van der Waals surface area (Å²) < 4.78 is 5.48. The summed E-state index contributed by atoms with van der Waals surface area (Å²) in [6.07, 6.45) is 0.560. The Labute approximate surface area is 114 Å². The zero-order valence-corrected chi connectivity index (χ0v) is 11.7. The van der Waals surface area contributed by atoms with Crippen LogP contribution >= 0.6 is 0 Å². The topological polar surface area (TPSA) is 41.6 Å². The Morgan fingerprint density at radius 1 is 1.47 bits per heavy atom. The molecule has 0 aromatic heterocycles. The highest BCUT2D eigenvalue weighted by Gasteiger charge is 2.24. The van der Waals surface area contributed by atoms with Gasteiger partial charge in [0.1, 0.15) is 6.10 Å². The van der Waals surface area contributed by atoms with Gasteiger partial charge in [0.15, 0.2) is 0 Å². The number of likely N-dealkylation sites (N-methyl/N-ethyl adjacent to an activating group) is 1. The van der Waals surface area contributed by atoms with Crippen molar-refractivity contribution in [3.63, 3.8) is 0 Å². The van der Waals surface area contributed by atoms with Gasteiger partial charge >= 0.3 is 0 Å². The molecule has 1 aromatic rings. The molecule has 1 unspecified atom stereocenters. The lowest BCUT2D eigenvalue weighted by Crippen LogP contribution is -2.48. The molecule has 1 amide bonds. The van der Waals surface area contributed by atoms with E-state index in [1.54, 1.807) is 4.90 Å². The van der Waals surface area contributed by atoms with Gasteiger partial charge in [-0.3, -0.25) is 4.79 Å². The molecule has 1 N–H and O–H groups in total. The maximum absolute atomic E-state index is 12.2. The van der Waals surface area contributed by atoms with Crippen LogP contribution in [-0.2, 0) is 16.0 Å². The van der Waals surface area contributed by atoms with Crippen LogP contribution < -0.4 is 5.32 Å². The van der Waals surface area contributed by atoms with Crippen molar-refractivity contribution < 1.29 is 9.53 Å². The molecule has 4 heteroatoms. The van der Waals surface area contributed by atoms with Crippen LogP contribution in [0.1, 0.15) is 11.1 Å². The molecule has 1 fully saturated rings. The normalized spacial score (nSPS) is 19.2. The smallest absolute Gasteiger partial charge is 0.252 e. The average molecular weight is 262 g/mol. The number of rotatable bonds is 4. The fraction of sp³-hybridized carbons (Fsp3) is 0.533. The summed E-state index contributed by atoms with van der Waals surface area (Å²) in [6.45, 7) is 4.89. The molecule has 0 radical (unpaired) electrons. The van der Waals surface area contributed by atoms with Gasteiger partial charge in [-0.05, 0) is 24.5 Å². The first kappa shape index (κ1) is 14.0. The lowest BCUT2D eigenvalue weighted by Gasteiger charge is -2.27. The summed E-state index contributed by atoms with van der Waals surface area (Å²) in [7, 11) is 1.85. The molecule has 1 atom stereocenters. The number of aryl methyl sites for hydroxylation is 1. The summed E-state index contributed by atoms with van der Waals surface area (Å²) in [5.74, 6) is 0.0702. The molecule has 1 aliphatic rings. The molecule has 0 aliphatic carbocycles. The van der Waals surface area contributed by atoms with E-state index in [4.69, 9.17) is 4.74 Å². The molecule has 1 aromatic carbocycles. The molecule has 19 heavy (non-hydrogen) atoms. The number of nitrogens with one attached hydrogen (secondary N) is 1. The van der Waals surface area contributed by atoms with Gasteiger partial charge in [-0.2, -0.15) is 0 Å². The molecular formula is C15H22N2O2. The van der Waals surface area contributed by atoms with Crippen molar-refractivity contribution >= 4 is 5.91 Å². The third-order valence-corrected chi connectivity index (χ3v) is 3.56.